The van der Waals surface area contributed by atoms with Gasteiger partial charge in [0.1, 0.15) is 5.82 Å². The van der Waals surface area contributed by atoms with Crippen LogP contribution in [0.4, 0.5) is 16.3 Å². The highest BCUT2D eigenvalue weighted by Gasteiger charge is 2.42. The largest absolute Gasteiger partial charge is 0.465 e. The van der Waals surface area contributed by atoms with Crippen molar-refractivity contribution in [1.82, 2.24) is 14.9 Å². The van der Waals surface area contributed by atoms with Gasteiger partial charge in [0.05, 0.1) is 18.1 Å². The Bertz CT molecular complexity index is 854. The zero-order valence-corrected chi connectivity index (χ0v) is 15.6. The normalized spacial score (nSPS) is 23.3. The summed E-state index contributed by atoms with van der Waals surface area (Å²) >= 11 is 0. The molecule has 0 spiro atoms. The third-order valence-corrected chi connectivity index (χ3v) is 5.53. The molecule has 1 aliphatic carbocycles. The van der Waals surface area contributed by atoms with Crippen LogP contribution in [0.3, 0.4) is 0 Å². The van der Waals surface area contributed by atoms with Crippen molar-refractivity contribution in [2.75, 3.05) is 23.7 Å². The molecule has 1 saturated carbocycles. The second-order valence-corrected chi connectivity index (χ2v) is 7.57. The van der Waals surface area contributed by atoms with Gasteiger partial charge in [-0.25, -0.2) is 9.78 Å². The lowest BCUT2D eigenvalue weighted by atomic mass is 10.0. The van der Waals surface area contributed by atoms with Crippen molar-refractivity contribution >= 4 is 23.5 Å². The molecule has 28 heavy (non-hydrogen) atoms. The van der Waals surface area contributed by atoms with Crippen LogP contribution in [0.25, 0.3) is 11.3 Å². The number of fused-ring (bicyclic) bond motifs is 1. The summed E-state index contributed by atoms with van der Waals surface area (Å²) in [6.45, 7) is 2.75. The molecule has 2 heterocycles. The number of carbonyl (C=O) groups excluding carboxylic acids is 1. The van der Waals surface area contributed by atoms with Crippen LogP contribution < -0.4 is 10.6 Å². The number of carboxylic acid groups (broad SMARTS) is 1. The number of aromatic nitrogens is 2. The van der Waals surface area contributed by atoms with Crippen molar-refractivity contribution < 1.29 is 14.7 Å². The van der Waals surface area contributed by atoms with E-state index in [0.717, 1.165) is 35.6 Å². The predicted molar refractivity (Wildman–Crippen MR) is 105 cm³/mol. The summed E-state index contributed by atoms with van der Waals surface area (Å²) in [5.41, 5.74) is 2.44. The maximum absolute atomic E-state index is 11.1. The van der Waals surface area contributed by atoms with Crippen LogP contribution in [0.2, 0.25) is 0 Å². The Hall–Kier alpha value is -3.16. The van der Waals surface area contributed by atoms with E-state index in [1.54, 1.807) is 12.4 Å². The smallest absolute Gasteiger partial charge is 0.407 e. The Kier molecular flexibility index (Phi) is 4.85. The quantitative estimate of drug-likeness (QED) is 0.752. The zero-order valence-electron chi connectivity index (χ0n) is 15.6. The fourth-order valence-electron chi connectivity index (χ4n) is 4.26. The first-order chi connectivity index (χ1) is 13.5. The average molecular weight is 381 g/mol. The summed E-state index contributed by atoms with van der Waals surface area (Å²) in [5.74, 6) is 1.50. The van der Waals surface area contributed by atoms with Gasteiger partial charge in [-0.15, -0.1) is 0 Å². The Morgan fingerprint density at radius 2 is 1.75 bits per heavy atom. The van der Waals surface area contributed by atoms with Crippen LogP contribution in [0.5, 0.6) is 0 Å². The molecule has 3 atom stereocenters. The van der Waals surface area contributed by atoms with Crippen LogP contribution >= 0.6 is 0 Å². The molecule has 1 aliphatic heterocycles. The summed E-state index contributed by atoms with van der Waals surface area (Å²) < 4.78 is 0. The van der Waals surface area contributed by atoms with Crippen molar-refractivity contribution in [2.24, 2.45) is 11.8 Å². The lowest BCUT2D eigenvalue weighted by molar-refractivity contribution is -0.114. The lowest BCUT2D eigenvalue weighted by Crippen LogP contribution is -2.29. The third-order valence-electron chi connectivity index (χ3n) is 5.53. The molecule has 1 aromatic heterocycles. The summed E-state index contributed by atoms with van der Waals surface area (Å²) in [6, 6.07) is 7.77. The van der Waals surface area contributed by atoms with E-state index < -0.39 is 6.09 Å². The second-order valence-electron chi connectivity index (χ2n) is 7.57. The maximum Gasteiger partial charge on any atom is 0.407 e. The first-order valence-corrected chi connectivity index (χ1v) is 9.42. The molecule has 2 amide bonds. The fourth-order valence-corrected chi connectivity index (χ4v) is 4.26. The number of hydrogen-bond acceptors (Lipinski definition) is 5. The molecule has 1 aromatic carbocycles. The molecular weight excluding hydrogens is 358 g/mol. The summed E-state index contributed by atoms with van der Waals surface area (Å²) in [6.07, 6.45) is 4.57. The minimum atomic E-state index is -0.814. The highest BCUT2D eigenvalue weighted by molar-refractivity contribution is 5.88. The van der Waals surface area contributed by atoms with Crippen molar-refractivity contribution in [2.45, 2.75) is 25.8 Å². The van der Waals surface area contributed by atoms with Gasteiger partial charge in [-0.2, -0.15) is 0 Å². The van der Waals surface area contributed by atoms with Gasteiger partial charge in [0, 0.05) is 37.3 Å². The number of benzene rings is 1. The van der Waals surface area contributed by atoms with Gasteiger partial charge in [0.15, 0.2) is 0 Å². The molecule has 0 bridgehead atoms. The van der Waals surface area contributed by atoms with E-state index in [1.807, 2.05) is 24.3 Å². The fraction of sp³-hybridized carbons (Fsp3) is 0.400. The predicted octanol–water partition coefficient (Wildman–Crippen LogP) is 2.90. The SMILES string of the molecule is CC(=O)Nc1ccc(-c2cnc(N[C@@H]3C[C@@H]4CN(C(=O)O)C[C@@H]4C3)cn2)cc1. The van der Waals surface area contributed by atoms with Gasteiger partial charge < -0.3 is 20.6 Å². The molecule has 4 rings (SSSR count). The van der Waals surface area contributed by atoms with E-state index >= 15 is 0 Å². The Morgan fingerprint density at radius 1 is 1.07 bits per heavy atom. The van der Waals surface area contributed by atoms with E-state index in [0.29, 0.717) is 31.0 Å². The van der Waals surface area contributed by atoms with E-state index in [4.69, 9.17) is 5.11 Å². The molecule has 8 heteroatoms. The van der Waals surface area contributed by atoms with Crippen LogP contribution in [-0.2, 0) is 4.79 Å². The van der Waals surface area contributed by atoms with E-state index in [-0.39, 0.29) is 5.91 Å². The number of nitrogens with one attached hydrogen (secondary N) is 2. The number of anilines is 2. The topological polar surface area (TPSA) is 107 Å². The lowest BCUT2D eigenvalue weighted by Gasteiger charge is -2.17. The number of hydrogen-bond donors (Lipinski definition) is 3. The van der Waals surface area contributed by atoms with Crippen LogP contribution in [0.1, 0.15) is 19.8 Å². The second kappa shape index (κ2) is 7.46. The van der Waals surface area contributed by atoms with Crippen LogP contribution in [0, 0.1) is 11.8 Å². The maximum atomic E-state index is 11.1. The Morgan fingerprint density at radius 3 is 2.29 bits per heavy atom. The number of amides is 2. The van der Waals surface area contributed by atoms with Crippen molar-refractivity contribution in [3.63, 3.8) is 0 Å². The van der Waals surface area contributed by atoms with E-state index in [9.17, 15) is 9.59 Å². The summed E-state index contributed by atoms with van der Waals surface area (Å²) in [7, 11) is 0. The van der Waals surface area contributed by atoms with Crippen LogP contribution in [0.15, 0.2) is 36.7 Å². The van der Waals surface area contributed by atoms with Gasteiger partial charge >= 0.3 is 6.09 Å². The van der Waals surface area contributed by atoms with E-state index in [1.165, 1.54) is 11.8 Å². The standard InChI is InChI=1S/C20H23N5O3/c1-12(26)23-16-4-2-13(3-5-16)18-8-22-19(9-21-18)24-17-6-14-10-25(20(27)28)11-15(14)7-17/h2-5,8-9,14-15,17H,6-7,10-11H2,1H3,(H,22,24)(H,23,26)(H,27,28)/t14-,15+,17-. The van der Waals surface area contributed by atoms with Gasteiger partial charge in [0.25, 0.3) is 0 Å². The molecular formula is C20H23N5O3. The highest BCUT2D eigenvalue weighted by atomic mass is 16.4. The highest BCUT2D eigenvalue weighted by Crippen LogP contribution is 2.39. The molecule has 0 unspecified atom stereocenters. The van der Waals surface area contributed by atoms with Gasteiger partial charge in [0.2, 0.25) is 5.91 Å². The Labute approximate surface area is 163 Å². The minimum Gasteiger partial charge on any atom is -0.465 e. The van der Waals surface area contributed by atoms with Crippen molar-refractivity contribution in [1.29, 1.82) is 0 Å². The Balaban J connectivity index is 1.34. The molecule has 2 aliphatic rings. The first-order valence-electron chi connectivity index (χ1n) is 9.42. The summed E-state index contributed by atoms with van der Waals surface area (Å²) in [4.78, 5) is 32.7. The molecule has 2 fully saturated rings. The molecule has 3 N–H and O–H groups in total. The number of nitrogens with zero attached hydrogens (tertiary/aromatic N) is 3. The number of rotatable bonds is 4. The minimum absolute atomic E-state index is 0.102. The first kappa shape index (κ1) is 18.2. The number of carbonyl (C=O) groups is 2. The van der Waals surface area contributed by atoms with Crippen molar-refractivity contribution in [3.8, 4) is 11.3 Å². The zero-order chi connectivity index (χ0) is 19.7. The molecule has 8 nitrogen and oxygen atoms in total. The van der Waals surface area contributed by atoms with Crippen molar-refractivity contribution in [3.05, 3.63) is 36.7 Å². The van der Waals surface area contributed by atoms with Gasteiger partial charge in [-0.05, 0) is 36.8 Å². The molecule has 1 saturated heterocycles. The van der Waals surface area contributed by atoms with Crippen LogP contribution in [-0.4, -0.2) is 51.1 Å². The number of likely N-dealkylation sites (tertiary alicyclic amines) is 1. The molecule has 0 radical (unpaired) electrons. The average Bonchev–Trinajstić information content (AvgIpc) is 3.21. The van der Waals surface area contributed by atoms with Gasteiger partial charge in [-0.1, -0.05) is 12.1 Å². The third kappa shape index (κ3) is 3.90. The summed E-state index contributed by atoms with van der Waals surface area (Å²) in [5, 5.41) is 15.3. The monoisotopic (exact) mass is 381 g/mol. The molecule has 146 valence electrons. The van der Waals surface area contributed by atoms with E-state index in [2.05, 4.69) is 20.6 Å². The van der Waals surface area contributed by atoms with Gasteiger partial charge in [-0.3, -0.25) is 9.78 Å². The molecule has 2 aromatic rings.